The number of benzene rings is 1. The van der Waals surface area contributed by atoms with E-state index in [1.165, 1.54) is 0 Å². The van der Waals surface area contributed by atoms with Crippen LogP contribution in [-0.2, 0) is 13.6 Å². The molecule has 1 fully saturated rings. The fraction of sp³-hybridized carbons (Fsp3) is 0.476. The highest BCUT2D eigenvalue weighted by Gasteiger charge is 2.48. The summed E-state index contributed by atoms with van der Waals surface area (Å²) >= 11 is 0. The Hall–Kier alpha value is -1.88. The van der Waals surface area contributed by atoms with Gasteiger partial charge in [-0.25, -0.2) is 0 Å². The Morgan fingerprint density at radius 2 is 1.86 bits per heavy atom. The van der Waals surface area contributed by atoms with Crippen molar-refractivity contribution in [1.82, 2.24) is 4.98 Å². The van der Waals surface area contributed by atoms with Crippen molar-refractivity contribution in [1.29, 1.82) is 0 Å². The van der Waals surface area contributed by atoms with E-state index in [9.17, 15) is 9.67 Å². The quantitative estimate of drug-likeness (QED) is 0.668. The van der Waals surface area contributed by atoms with Gasteiger partial charge in [0.2, 0.25) is 0 Å². The third-order valence-electron chi connectivity index (χ3n) is 4.96. The molecule has 0 saturated carbocycles. The maximum absolute atomic E-state index is 13.6. The Morgan fingerprint density at radius 3 is 2.39 bits per heavy atom. The lowest BCUT2D eigenvalue weighted by Crippen LogP contribution is -2.21. The van der Waals surface area contributed by atoms with Gasteiger partial charge in [0.05, 0.1) is 23.6 Å². The van der Waals surface area contributed by atoms with Crippen LogP contribution >= 0.6 is 7.60 Å². The van der Waals surface area contributed by atoms with Crippen LogP contribution in [0.2, 0.25) is 0 Å². The van der Waals surface area contributed by atoms with Crippen LogP contribution in [0.3, 0.4) is 0 Å². The standard InChI is InChI=1S/C21H29N2O4P/c1-13-9-17(10-14(2)20(13)24)19(28(25)26-12-21(5,6)27-28)11-22-18-8-7-15(3)23-16(18)4/h7-10,19,22,24H,11-12H2,1-6H3. The van der Waals surface area contributed by atoms with Crippen molar-refractivity contribution in [2.24, 2.45) is 0 Å². The summed E-state index contributed by atoms with van der Waals surface area (Å²) in [5.41, 5.74) is 3.89. The number of aromatic hydroxyl groups is 1. The molecule has 0 spiro atoms. The molecule has 0 aliphatic carbocycles. The van der Waals surface area contributed by atoms with E-state index < -0.39 is 18.9 Å². The van der Waals surface area contributed by atoms with Gasteiger partial charge < -0.3 is 14.9 Å². The van der Waals surface area contributed by atoms with Crippen molar-refractivity contribution >= 4 is 13.3 Å². The minimum atomic E-state index is -3.40. The monoisotopic (exact) mass is 404 g/mol. The highest BCUT2D eigenvalue weighted by Crippen LogP contribution is 2.67. The highest BCUT2D eigenvalue weighted by atomic mass is 31.2. The van der Waals surface area contributed by atoms with Gasteiger partial charge in [0.15, 0.2) is 0 Å². The Balaban J connectivity index is 1.96. The first-order valence-electron chi connectivity index (χ1n) is 9.44. The maximum Gasteiger partial charge on any atom is 0.340 e. The van der Waals surface area contributed by atoms with E-state index >= 15 is 0 Å². The smallest absolute Gasteiger partial charge is 0.340 e. The molecule has 0 bridgehead atoms. The SMILES string of the molecule is Cc1ccc(NCC(c2cc(C)c(O)c(C)c2)P2(=O)OCC(C)(C)O2)c(C)n1. The largest absolute Gasteiger partial charge is 0.507 e. The van der Waals surface area contributed by atoms with Crippen molar-refractivity contribution in [3.05, 3.63) is 52.3 Å². The van der Waals surface area contributed by atoms with Crippen LogP contribution in [0.1, 0.15) is 47.6 Å². The summed E-state index contributed by atoms with van der Waals surface area (Å²) in [6, 6.07) is 7.62. The Labute approximate surface area is 166 Å². The van der Waals surface area contributed by atoms with Gasteiger partial charge in [0.1, 0.15) is 11.4 Å². The summed E-state index contributed by atoms with van der Waals surface area (Å²) in [5.74, 6) is 0.251. The van der Waals surface area contributed by atoms with Crippen LogP contribution in [0.4, 0.5) is 5.69 Å². The number of nitrogens with one attached hydrogen (secondary N) is 1. The predicted octanol–water partition coefficient (Wildman–Crippen LogP) is 5.19. The van der Waals surface area contributed by atoms with Gasteiger partial charge in [-0.05, 0) is 70.4 Å². The molecule has 7 heteroatoms. The second kappa shape index (κ2) is 7.51. The lowest BCUT2D eigenvalue weighted by atomic mass is 10.0. The molecule has 6 nitrogen and oxygen atoms in total. The summed E-state index contributed by atoms with van der Waals surface area (Å²) in [5, 5.41) is 13.5. The zero-order valence-electron chi connectivity index (χ0n) is 17.4. The molecule has 2 atom stereocenters. The Morgan fingerprint density at radius 1 is 1.21 bits per heavy atom. The van der Waals surface area contributed by atoms with Crippen LogP contribution in [0, 0.1) is 27.7 Å². The molecule has 28 heavy (non-hydrogen) atoms. The van der Waals surface area contributed by atoms with Gasteiger partial charge in [-0.15, -0.1) is 0 Å². The topological polar surface area (TPSA) is 80.7 Å². The molecule has 2 heterocycles. The molecule has 152 valence electrons. The third-order valence-corrected chi connectivity index (χ3v) is 7.44. The molecule has 1 aromatic carbocycles. The van der Waals surface area contributed by atoms with Crippen LogP contribution in [0.15, 0.2) is 24.3 Å². The summed E-state index contributed by atoms with van der Waals surface area (Å²) in [6.45, 7) is 11.9. The third kappa shape index (κ3) is 4.24. The first-order chi connectivity index (χ1) is 13.0. The van der Waals surface area contributed by atoms with E-state index in [2.05, 4.69) is 10.3 Å². The molecule has 1 saturated heterocycles. The number of rotatable bonds is 5. The van der Waals surface area contributed by atoms with Crippen LogP contribution < -0.4 is 5.32 Å². The Bertz CT molecular complexity index is 919. The fourth-order valence-corrected chi connectivity index (χ4v) is 5.89. The van der Waals surface area contributed by atoms with E-state index in [0.29, 0.717) is 6.54 Å². The first-order valence-corrected chi connectivity index (χ1v) is 11.1. The number of hydrogen-bond donors (Lipinski definition) is 2. The number of anilines is 1. The average Bonchev–Trinajstić information content (AvgIpc) is 2.88. The molecular formula is C21H29N2O4P. The molecule has 2 unspecified atom stereocenters. The van der Waals surface area contributed by atoms with Gasteiger partial charge >= 0.3 is 7.60 Å². The zero-order chi connectivity index (χ0) is 20.7. The summed E-state index contributed by atoms with van der Waals surface area (Å²) in [4.78, 5) is 4.47. The molecule has 2 aromatic rings. The number of phenolic OH excluding ortho intramolecular Hbond substituents is 1. The summed E-state index contributed by atoms with van der Waals surface area (Å²) < 4.78 is 25.3. The van der Waals surface area contributed by atoms with Gasteiger partial charge in [-0.3, -0.25) is 14.1 Å². The Kier molecular flexibility index (Phi) is 5.59. The number of nitrogens with zero attached hydrogens (tertiary/aromatic N) is 1. The molecule has 0 radical (unpaired) electrons. The molecule has 1 aliphatic heterocycles. The minimum absolute atomic E-state index is 0.251. The van der Waals surface area contributed by atoms with E-state index in [0.717, 1.165) is 33.8 Å². The minimum Gasteiger partial charge on any atom is -0.507 e. The molecule has 2 N–H and O–H groups in total. The van der Waals surface area contributed by atoms with Gasteiger partial charge in [0.25, 0.3) is 0 Å². The molecule has 0 amide bonds. The average molecular weight is 404 g/mol. The van der Waals surface area contributed by atoms with Gasteiger partial charge in [0, 0.05) is 12.2 Å². The maximum atomic E-state index is 13.6. The number of hydrogen-bond acceptors (Lipinski definition) is 6. The normalized spacial score (nSPS) is 22.2. The number of phenols is 1. The second-order valence-electron chi connectivity index (χ2n) is 8.15. The van der Waals surface area contributed by atoms with E-state index in [1.54, 1.807) is 0 Å². The lowest BCUT2D eigenvalue weighted by Gasteiger charge is -2.26. The number of aryl methyl sites for hydroxylation is 4. The van der Waals surface area contributed by atoms with Crippen LogP contribution in [-0.4, -0.2) is 28.8 Å². The highest BCUT2D eigenvalue weighted by molar-refractivity contribution is 7.54. The van der Waals surface area contributed by atoms with Crippen molar-refractivity contribution in [3.63, 3.8) is 0 Å². The van der Waals surface area contributed by atoms with Crippen molar-refractivity contribution in [2.45, 2.75) is 52.8 Å². The van der Waals surface area contributed by atoms with E-state index in [1.807, 2.05) is 65.8 Å². The first kappa shape index (κ1) is 20.8. The number of aromatic nitrogens is 1. The van der Waals surface area contributed by atoms with E-state index in [-0.39, 0.29) is 12.4 Å². The molecular weight excluding hydrogens is 375 g/mol. The summed E-state index contributed by atoms with van der Waals surface area (Å²) in [6.07, 6.45) is 0. The van der Waals surface area contributed by atoms with Crippen molar-refractivity contribution in [3.8, 4) is 5.75 Å². The molecule has 3 rings (SSSR count). The van der Waals surface area contributed by atoms with Crippen LogP contribution in [0.25, 0.3) is 0 Å². The van der Waals surface area contributed by atoms with Crippen molar-refractivity contribution in [2.75, 3.05) is 18.5 Å². The summed E-state index contributed by atoms with van der Waals surface area (Å²) in [7, 11) is -3.40. The predicted molar refractivity (Wildman–Crippen MR) is 111 cm³/mol. The van der Waals surface area contributed by atoms with E-state index in [4.69, 9.17) is 9.05 Å². The molecule has 1 aliphatic rings. The fourth-order valence-electron chi connectivity index (χ4n) is 3.47. The zero-order valence-corrected chi connectivity index (χ0v) is 18.3. The van der Waals surface area contributed by atoms with Gasteiger partial charge in [-0.1, -0.05) is 12.1 Å². The van der Waals surface area contributed by atoms with Crippen LogP contribution in [0.5, 0.6) is 5.75 Å². The lowest BCUT2D eigenvalue weighted by molar-refractivity contribution is 0.137. The number of pyridine rings is 1. The second-order valence-corrected chi connectivity index (χ2v) is 10.3. The van der Waals surface area contributed by atoms with Crippen molar-refractivity contribution < 1.29 is 18.7 Å². The molecule has 1 aromatic heterocycles. The van der Waals surface area contributed by atoms with Gasteiger partial charge in [-0.2, -0.15) is 0 Å².